The van der Waals surface area contributed by atoms with E-state index in [1.165, 1.54) is 0 Å². The summed E-state index contributed by atoms with van der Waals surface area (Å²) in [6.07, 6.45) is 2.64. The molecule has 2 aromatic carbocycles. The van der Waals surface area contributed by atoms with Crippen molar-refractivity contribution in [1.29, 1.82) is 0 Å². The number of hydrogen-bond acceptors (Lipinski definition) is 5. The van der Waals surface area contributed by atoms with Gasteiger partial charge in [-0.2, -0.15) is 0 Å². The zero-order valence-corrected chi connectivity index (χ0v) is 16.2. The molecule has 1 heterocycles. The SMILES string of the molecule is COc1ccc(CNC(=O)COC(=O)c2c3c(nc4ccccc24)CCC3)cc1. The minimum absolute atomic E-state index is 0.319. The number of esters is 1. The Bertz CT molecular complexity index is 1060. The van der Waals surface area contributed by atoms with Crippen molar-refractivity contribution in [2.75, 3.05) is 13.7 Å². The summed E-state index contributed by atoms with van der Waals surface area (Å²) < 4.78 is 10.5. The van der Waals surface area contributed by atoms with Gasteiger partial charge in [-0.3, -0.25) is 9.78 Å². The lowest BCUT2D eigenvalue weighted by atomic mass is 10.0. The van der Waals surface area contributed by atoms with Crippen molar-refractivity contribution in [3.8, 4) is 5.75 Å². The first kappa shape index (κ1) is 18.9. The van der Waals surface area contributed by atoms with Crippen molar-refractivity contribution in [2.24, 2.45) is 0 Å². The molecule has 1 amide bonds. The Balaban J connectivity index is 1.41. The number of carbonyl (C=O) groups is 2. The third kappa shape index (κ3) is 4.06. The van der Waals surface area contributed by atoms with Crippen LogP contribution >= 0.6 is 0 Å². The molecule has 6 nitrogen and oxygen atoms in total. The summed E-state index contributed by atoms with van der Waals surface area (Å²) in [5.74, 6) is -0.0587. The maximum absolute atomic E-state index is 12.8. The minimum Gasteiger partial charge on any atom is -0.497 e. The predicted molar refractivity (Wildman–Crippen MR) is 109 cm³/mol. The summed E-state index contributed by atoms with van der Waals surface area (Å²) >= 11 is 0. The second kappa shape index (κ2) is 8.31. The molecule has 29 heavy (non-hydrogen) atoms. The quantitative estimate of drug-likeness (QED) is 0.654. The summed E-state index contributed by atoms with van der Waals surface area (Å²) in [6, 6.07) is 15.0. The largest absolute Gasteiger partial charge is 0.497 e. The molecule has 1 aliphatic rings. The molecule has 0 unspecified atom stereocenters. The van der Waals surface area contributed by atoms with Crippen LogP contribution in [-0.4, -0.2) is 30.6 Å². The molecule has 4 rings (SSSR count). The predicted octanol–water partition coefficient (Wildman–Crippen LogP) is 3.21. The fraction of sp³-hybridized carbons (Fsp3) is 0.261. The highest BCUT2D eigenvalue weighted by Gasteiger charge is 2.25. The van der Waals surface area contributed by atoms with Crippen LogP contribution in [0, 0.1) is 0 Å². The molecular formula is C23H22N2O4. The van der Waals surface area contributed by atoms with Gasteiger partial charge in [0, 0.05) is 17.6 Å². The lowest BCUT2D eigenvalue weighted by Gasteiger charge is -2.12. The van der Waals surface area contributed by atoms with Gasteiger partial charge in [-0.25, -0.2) is 4.79 Å². The summed E-state index contributed by atoms with van der Waals surface area (Å²) in [5, 5.41) is 3.54. The molecule has 0 bridgehead atoms. The van der Waals surface area contributed by atoms with Crippen LogP contribution in [0.4, 0.5) is 0 Å². The molecule has 1 aromatic heterocycles. The molecule has 148 valence electrons. The number of fused-ring (bicyclic) bond motifs is 2. The molecule has 0 spiro atoms. The standard InChI is InChI=1S/C23H22N2O4/c1-28-16-11-9-15(10-12-16)13-24-21(26)14-29-23(27)22-17-5-2-3-7-19(17)25-20-8-4-6-18(20)22/h2-3,5,7,9-12H,4,6,8,13-14H2,1H3,(H,24,26). The van der Waals surface area contributed by atoms with E-state index in [1.807, 2.05) is 48.5 Å². The van der Waals surface area contributed by atoms with E-state index in [1.54, 1.807) is 7.11 Å². The number of rotatable bonds is 6. The van der Waals surface area contributed by atoms with Crippen LogP contribution in [0.25, 0.3) is 10.9 Å². The first-order valence-corrected chi connectivity index (χ1v) is 9.63. The molecule has 1 N–H and O–H groups in total. The Morgan fingerprint density at radius 1 is 1.07 bits per heavy atom. The second-order valence-electron chi connectivity index (χ2n) is 6.98. The van der Waals surface area contributed by atoms with Gasteiger partial charge in [0.2, 0.25) is 0 Å². The van der Waals surface area contributed by atoms with E-state index < -0.39 is 5.97 Å². The van der Waals surface area contributed by atoms with Gasteiger partial charge >= 0.3 is 5.97 Å². The topological polar surface area (TPSA) is 77.5 Å². The van der Waals surface area contributed by atoms with Gasteiger partial charge in [0.25, 0.3) is 5.91 Å². The molecule has 0 saturated heterocycles. The number of aromatic nitrogens is 1. The highest BCUT2D eigenvalue weighted by atomic mass is 16.5. The second-order valence-corrected chi connectivity index (χ2v) is 6.98. The molecule has 1 aliphatic carbocycles. The van der Waals surface area contributed by atoms with Gasteiger partial charge in [0.05, 0.1) is 18.2 Å². The van der Waals surface area contributed by atoms with Gasteiger partial charge in [0.15, 0.2) is 6.61 Å². The van der Waals surface area contributed by atoms with Crippen LogP contribution in [0.5, 0.6) is 5.75 Å². The Kier molecular flexibility index (Phi) is 5.42. The van der Waals surface area contributed by atoms with E-state index in [0.717, 1.165) is 52.7 Å². The summed E-state index contributed by atoms with van der Waals surface area (Å²) in [4.78, 5) is 29.6. The van der Waals surface area contributed by atoms with Gasteiger partial charge in [-0.05, 0) is 48.6 Å². The fourth-order valence-corrected chi connectivity index (χ4v) is 3.64. The van der Waals surface area contributed by atoms with Crippen LogP contribution in [-0.2, 0) is 28.9 Å². The van der Waals surface area contributed by atoms with Crippen LogP contribution in [0.2, 0.25) is 0 Å². The number of aryl methyl sites for hydroxylation is 1. The first-order valence-electron chi connectivity index (χ1n) is 9.63. The van der Waals surface area contributed by atoms with E-state index in [9.17, 15) is 9.59 Å². The Morgan fingerprint density at radius 3 is 2.66 bits per heavy atom. The highest BCUT2D eigenvalue weighted by molar-refractivity contribution is 6.05. The van der Waals surface area contributed by atoms with Crippen LogP contribution in [0.15, 0.2) is 48.5 Å². The number of carbonyl (C=O) groups excluding carboxylic acids is 2. The van der Waals surface area contributed by atoms with E-state index in [0.29, 0.717) is 12.1 Å². The molecule has 0 fully saturated rings. The number of benzene rings is 2. The zero-order chi connectivity index (χ0) is 20.2. The van der Waals surface area contributed by atoms with Gasteiger partial charge in [-0.1, -0.05) is 30.3 Å². The third-order valence-electron chi connectivity index (χ3n) is 5.11. The average molecular weight is 390 g/mol. The number of para-hydroxylation sites is 1. The number of amides is 1. The third-order valence-corrected chi connectivity index (χ3v) is 5.11. The monoisotopic (exact) mass is 390 g/mol. The van der Waals surface area contributed by atoms with E-state index in [-0.39, 0.29) is 12.5 Å². The van der Waals surface area contributed by atoms with Crippen molar-refractivity contribution < 1.29 is 19.1 Å². The molecule has 0 radical (unpaired) electrons. The number of pyridine rings is 1. The molecule has 0 atom stereocenters. The van der Waals surface area contributed by atoms with Crippen LogP contribution in [0.1, 0.15) is 33.6 Å². The molecule has 0 saturated carbocycles. The first-order chi connectivity index (χ1) is 14.2. The normalized spacial score (nSPS) is 12.4. The lowest BCUT2D eigenvalue weighted by molar-refractivity contribution is -0.124. The Labute approximate surface area is 168 Å². The fourth-order valence-electron chi connectivity index (χ4n) is 3.64. The summed E-state index contributed by atoms with van der Waals surface area (Å²) in [7, 11) is 1.60. The molecule has 3 aromatic rings. The van der Waals surface area contributed by atoms with Crippen molar-refractivity contribution in [3.63, 3.8) is 0 Å². The van der Waals surface area contributed by atoms with Gasteiger partial charge < -0.3 is 14.8 Å². The summed E-state index contributed by atoms with van der Waals surface area (Å²) in [6.45, 7) is 0.0361. The van der Waals surface area contributed by atoms with Crippen molar-refractivity contribution in [3.05, 3.63) is 70.9 Å². The Hall–Kier alpha value is -3.41. The molecular weight excluding hydrogens is 368 g/mol. The van der Waals surface area contributed by atoms with Crippen molar-refractivity contribution in [2.45, 2.75) is 25.8 Å². The summed E-state index contributed by atoms with van der Waals surface area (Å²) in [5.41, 5.74) is 4.17. The number of nitrogens with one attached hydrogen (secondary N) is 1. The molecule has 0 aliphatic heterocycles. The van der Waals surface area contributed by atoms with Crippen molar-refractivity contribution >= 4 is 22.8 Å². The number of methoxy groups -OCH3 is 1. The van der Waals surface area contributed by atoms with E-state index in [2.05, 4.69) is 10.3 Å². The number of hydrogen-bond donors (Lipinski definition) is 1. The Morgan fingerprint density at radius 2 is 1.86 bits per heavy atom. The van der Waals surface area contributed by atoms with E-state index >= 15 is 0 Å². The maximum atomic E-state index is 12.8. The highest BCUT2D eigenvalue weighted by Crippen LogP contribution is 2.30. The van der Waals surface area contributed by atoms with Crippen LogP contribution < -0.4 is 10.1 Å². The average Bonchev–Trinajstić information content (AvgIpc) is 3.22. The lowest BCUT2D eigenvalue weighted by Crippen LogP contribution is -2.28. The zero-order valence-electron chi connectivity index (χ0n) is 16.2. The number of nitrogens with zero attached hydrogens (tertiary/aromatic N) is 1. The van der Waals surface area contributed by atoms with E-state index in [4.69, 9.17) is 9.47 Å². The van der Waals surface area contributed by atoms with Crippen LogP contribution in [0.3, 0.4) is 0 Å². The molecule has 6 heteroatoms. The minimum atomic E-state index is -0.471. The van der Waals surface area contributed by atoms with Gasteiger partial charge in [0.1, 0.15) is 5.75 Å². The smallest absolute Gasteiger partial charge is 0.339 e. The van der Waals surface area contributed by atoms with Gasteiger partial charge in [-0.15, -0.1) is 0 Å². The maximum Gasteiger partial charge on any atom is 0.339 e. The number of ether oxygens (including phenoxy) is 2. The van der Waals surface area contributed by atoms with Crippen molar-refractivity contribution in [1.82, 2.24) is 10.3 Å².